The van der Waals surface area contributed by atoms with Crippen LogP contribution in [-0.4, -0.2) is 34.3 Å². The van der Waals surface area contributed by atoms with Crippen LogP contribution in [0.4, 0.5) is 11.6 Å². The highest BCUT2D eigenvalue weighted by Crippen LogP contribution is 2.25. The summed E-state index contributed by atoms with van der Waals surface area (Å²) in [5.74, 6) is 1.68. The summed E-state index contributed by atoms with van der Waals surface area (Å²) in [5.41, 5.74) is 2.48. The number of aliphatic hydroxyl groups excluding tert-OH is 1. The van der Waals surface area contributed by atoms with Crippen molar-refractivity contribution in [3.8, 4) is 0 Å². The first-order chi connectivity index (χ1) is 11.2. The Morgan fingerprint density at radius 2 is 2.22 bits per heavy atom. The minimum atomic E-state index is 0.171. The summed E-state index contributed by atoms with van der Waals surface area (Å²) in [6.07, 6.45) is 3.69. The zero-order valence-corrected chi connectivity index (χ0v) is 14.8. The lowest BCUT2D eigenvalue weighted by Crippen LogP contribution is -2.32. The number of aromatic nitrogens is 2. The highest BCUT2D eigenvalue weighted by molar-refractivity contribution is 9.10. The van der Waals surface area contributed by atoms with Gasteiger partial charge in [-0.15, -0.1) is 0 Å². The first kappa shape index (κ1) is 16.2. The van der Waals surface area contributed by atoms with Crippen LogP contribution in [0.25, 0.3) is 0 Å². The zero-order valence-electron chi connectivity index (χ0n) is 13.2. The van der Waals surface area contributed by atoms with Gasteiger partial charge in [0.1, 0.15) is 18.0 Å². The van der Waals surface area contributed by atoms with Gasteiger partial charge >= 0.3 is 0 Å². The summed E-state index contributed by atoms with van der Waals surface area (Å²) in [6.45, 7) is 3.92. The van der Waals surface area contributed by atoms with Crippen molar-refractivity contribution in [2.45, 2.75) is 32.4 Å². The van der Waals surface area contributed by atoms with E-state index in [4.69, 9.17) is 0 Å². The summed E-state index contributed by atoms with van der Waals surface area (Å²) in [5, 5.41) is 12.8. The van der Waals surface area contributed by atoms with E-state index >= 15 is 0 Å². The molecule has 2 N–H and O–H groups in total. The lowest BCUT2D eigenvalue weighted by atomic mass is 10.1. The summed E-state index contributed by atoms with van der Waals surface area (Å²) in [4.78, 5) is 10.8. The van der Waals surface area contributed by atoms with E-state index in [0.717, 1.165) is 35.5 Å². The molecule has 0 spiro atoms. The van der Waals surface area contributed by atoms with Gasteiger partial charge < -0.3 is 15.3 Å². The van der Waals surface area contributed by atoms with Gasteiger partial charge in [-0.25, -0.2) is 9.97 Å². The van der Waals surface area contributed by atoms with Gasteiger partial charge in [0, 0.05) is 23.6 Å². The van der Waals surface area contributed by atoms with Gasteiger partial charge in [0.2, 0.25) is 0 Å². The molecule has 0 bridgehead atoms. The van der Waals surface area contributed by atoms with Crippen molar-refractivity contribution in [3.63, 3.8) is 0 Å². The standard InChI is InChI=1S/C17H21BrN4O/c1-12-4-5-14(18)7-13(12)9-19-16-8-17(21-11-20-16)22-6-2-3-15(22)10-23/h4-5,7-8,11,15,23H,2-3,6,9-10H2,1H3,(H,19,20,21). The molecule has 0 aliphatic carbocycles. The Hall–Kier alpha value is -1.66. The van der Waals surface area contributed by atoms with Crippen LogP contribution in [0.5, 0.6) is 0 Å². The fraction of sp³-hybridized carbons (Fsp3) is 0.412. The Labute approximate surface area is 144 Å². The fourth-order valence-corrected chi connectivity index (χ4v) is 3.35. The fourth-order valence-electron chi connectivity index (χ4n) is 2.94. The number of aliphatic hydroxyl groups is 1. The van der Waals surface area contributed by atoms with Gasteiger partial charge in [0.25, 0.3) is 0 Å². The molecule has 122 valence electrons. The van der Waals surface area contributed by atoms with Crippen molar-refractivity contribution >= 4 is 27.6 Å². The van der Waals surface area contributed by atoms with E-state index in [1.807, 2.05) is 12.1 Å². The van der Waals surface area contributed by atoms with Crippen molar-refractivity contribution in [2.75, 3.05) is 23.4 Å². The van der Waals surface area contributed by atoms with Crippen LogP contribution in [0.1, 0.15) is 24.0 Å². The maximum Gasteiger partial charge on any atom is 0.134 e. The Kier molecular flexibility index (Phi) is 5.13. The molecule has 2 heterocycles. The monoisotopic (exact) mass is 376 g/mol. The third-order valence-electron chi connectivity index (χ3n) is 4.31. The second-order valence-electron chi connectivity index (χ2n) is 5.86. The van der Waals surface area contributed by atoms with E-state index in [9.17, 15) is 5.11 Å². The Balaban J connectivity index is 1.71. The Bertz CT molecular complexity index is 679. The molecule has 2 aromatic rings. The summed E-state index contributed by atoms with van der Waals surface area (Å²) in [7, 11) is 0. The van der Waals surface area contributed by atoms with Crippen molar-refractivity contribution in [1.82, 2.24) is 9.97 Å². The molecule has 1 aromatic carbocycles. The lowest BCUT2D eigenvalue weighted by molar-refractivity contribution is 0.266. The smallest absolute Gasteiger partial charge is 0.134 e. The molecule has 1 aromatic heterocycles. The van der Waals surface area contributed by atoms with Gasteiger partial charge in [-0.1, -0.05) is 22.0 Å². The molecule has 1 aliphatic heterocycles. The largest absolute Gasteiger partial charge is 0.394 e. The van der Waals surface area contributed by atoms with E-state index in [1.165, 1.54) is 11.1 Å². The highest BCUT2D eigenvalue weighted by Gasteiger charge is 2.25. The third-order valence-corrected chi connectivity index (χ3v) is 4.80. The minimum absolute atomic E-state index is 0.171. The average Bonchev–Trinajstić information content (AvgIpc) is 3.04. The quantitative estimate of drug-likeness (QED) is 0.839. The van der Waals surface area contributed by atoms with E-state index < -0.39 is 0 Å². The van der Waals surface area contributed by atoms with Gasteiger partial charge in [-0.3, -0.25) is 0 Å². The second-order valence-corrected chi connectivity index (χ2v) is 6.77. The summed E-state index contributed by atoms with van der Waals surface area (Å²) in [6, 6.07) is 8.39. The number of benzene rings is 1. The predicted molar refractivity (Wildman–Crippen MR) is 95.7 cm³/mol. The summed E-state index contributed by atoms with van der Waals surface area (Å²) >= 11 is 3.51. The molecule has 1 atom stereocenters. The van der Waals surface area contributed by atoms with Crippen molar-refractivity contribution in [1.29, 1.82) is 0 Å². The molecule has 1 saturated heterocycles. The van der Waals surface area contributed by atoms with Gasteiger partial charge in [0.15, 0.2) is 0 Å². The molecule has 0 amide bonds. The topological polar surface area (TPSA) is 61.3 Å². The molecule has 0 radical (unpaired) electrons. The SMILES string of the molecule is Cc1ccc(Br)cc1CNc1cc(N2CCCC2CO)ncn1. The van der Waals surface area contributed by atoms with E-state index in [1.54, 1.807) is 6.33 Å². The molecule has 5 nitrogen and oxygen atoms in total. The molecular weight excluding hydrogens is 356 g/mol. The first-order valence-corrected chi connectivity index (χ1v) is 8.65. The number of rotatable bonds is 5. The van der Waals surface area contributed by atoms with Crippen LogP contribution < -0.4 is 10.2 Å². The molecule has 23 heavy (non-hydrogen) atoms. The molecule has 1 unspecified atom stereocenters. The maximum absolute atomic E-state index is 9.47. The Morgan fingerprint density at radius 3 is 3.04 bits per heavy atom. The molecule has 0 saturated carbocycles. The normalized spacial score (nSPS) is 17.5. The van der Waals surface area contributed by atoms with Crippen molar-refractivity contribution < 1.29 is 5.11 Å². The molecular formula is C17H21BrN4O. The van der Waals surface area contributed by atoms with E-state index in [2.05, 4.69) is 55.2 Å². The number of nitrogens with zero attached hydrogens (tertiary/aromatic N) is 3. The summed E-state index contributed by atoms with van der Waals surface area (Å²) < 4.78 is 1.08. The van der Waals surface area contributed by atoms with Gasteiger partial charge in [0.05, 0.1) is 12.6 Å². The van der Waals surface area contributed by atoms with Crippen LogP contribution >= 0.6 is 15.9 Å². The minimum Gasteiger partial charge on any atom is -0.394 e. The first-order valence-electron chi connectivity index (χ1n) is 7.86. The van der Waals surface area contributed by atoms with Crippen molar-refractivity contribution in [3.05, 3.63) is 46.2 Å². The number of hydrogen-bond donors (Lipinski definition) is 2. The third kappa shape index (κ3) is 3.82. The maximum atomic E-state index is 9.47. The van der Waals surface area contributed by atoms with Crippen LogP contribution in [0, 0.1) is 6.92 Å². The Morgan fingerprint density at radius 1 is 1.35 bits per heavy atom. The zero-order chi connectivity index (χ0) is 16.2. The van der Waals surface area contributed by atoms with Crippen LogP contribution in [0.15, 0.2) is 35.1 Å². The van der Waals surface area contributed by atoms with Gasteiger partial charge in [-0.05, 0) is 43.0 Å². The number of nitrogens with one attached hydrogen (secondary N) is 1. The number of aryl methyl sites for hydroxylation is 1. The number of anilines is 2. The van der Waals surface area contributed by atoms with Crippen LogP contribution in [-0.2, 0) is 6.54 Å². The molecule has 3 rings (SSSR count). The van der Waals surface area contributed by atoms with E-state index in [0.29, 0.717) is 6.54 Å². The number of halogens is 1. The van der Waals surface area contributed by atoms with E-state index in [-0.39, 0.29) is 12.6 Å². The molecule has 6 heteroatoms. The second kappa shape index (κ2) is 7.27. The number of hydrogen-bond acceptors (Lipinski definition) is 5. The predicted octanol–water partition coefficient (Wildman–Crippen LogP) is 3.12. The van der Waals surface area contributed by atoms with Crippen molar-refractivity contribution in [2.24, 2.45) is 0 Å². The molecule has 1 aliphatic rings. The van der Waals surface area contributed by atoms with Gasteiger partial charge in [-0.2, -0.15) is 0 Å². The highest BCUT2D eigenvalue weighted by atomic mass is 79.9. The van der Waals surface area contributed by atoms with Crippen LogP contribution in [0.3, 0.4) is 0 Å². The van der Waals surface area contributed by atoms with Crippen LogP contribution in [0.2, 0.25) is 0 Å². The lowest BCUT2D eigenvalue weighted by Gasteiger charge is -2.24. The molecule has 1 fully saturated rings. The average molecular weight is 377 g/mol.